The summed E-state index contributed by atoms with van der Waals surface area (Å²) in [5, 5.41) is 3.93. The molecule has 0 saturated carbocycles. The van der Waals surface area contributed by atoms with Gasteiger partial charge in [0.25, 0.3) is 5.91 Å². The number of para-hydroxylation sites is 2. The lowest BCUT2D eigenvalue weighted by atomic mass is 10.1. The van der Waals surface area contributed by atoms with Crippen molar-refractivity contribution >= 4 is 22.5 Å². The van der Waals surface area contributed by atoms with Crippen molar-refractivity contribution in [2.45, 2.75) is 13.3 Å². The second-order valence-electron chi connectivity index (χ2n) is 7.31. The molecular weight excluding hydrogens is 384 g/mol. The Morgan fingerprint density at radius 3 is 2.48 bits per heavy atom. The fraction of sp³-hybridized carbons (Fsp3) is 0.192. The Bertz CT molecular complexity index is 1150. The molecule has 1 N–H and O–H groups in total. The van der Waals surface area contributed by atoms with E-state index in [4.69, 9.17) is 4.98 Å². The lowest BCUT2D eigenvalue weighted by Crippen LogP contribution is -2.30. The number of pyridine rings is 2. The van der Waals surface area contributed by atoms with E-state index in [1.165, 1.54) is 5.69 Å². The second kappa shape index (κ2) is 9.85. The minimum absolute atomic E-state index is 0.0847. The predicted molar refractivity (Wildman–Crippen MR) is 126 cm³/mol. The van der Waals surface area contributed by atoms with E-state index in [1.807, 2.05) is 66.7 Å². The Labute approximate surface area is 182 Å². The van der Waals surface area contributed by atoms with Crippen LogP contribution in [0.1, 0.15) is 23.7 Å². The summed E-state index contributed by atoms with van der Waals surface area (Å²) in [6.45, 7) is 4.57. The number of amides is 1. The molecule has 5 nitrogen and oxygen atoms in total. The normalized spacial score (nSPS) is 10.7. The number of hydrogen-bond donors (Lipinski definition) is 1. The standard InChI is InChI=1S/C26H26N4O/c1-2-30(20-11-4-3-5-12-20)18-10-17-28-26(31)22-19-25(24-15-8-9-16-27-24)29-23-14-7-6-13-21(22)23/h3-9,11-16,19H,2,10,17-18H2,1H3,(H,28,31). The van der Waals surface area contributed by atoms with Crippen molar-refractivity contribution in [1.29, 1.82) is 0 Å². The fourth-order valence-electron chi connectivity index (χ4n) is 3.68. The summed E-state index contributed by atoms with van der Waals surface area (Å²) in [6, 6.07) is 25.6. The molecule has 0 saturated heterocycles. The Morgan fingerprint density at radius 2 is 1.71 bits per heavy atom. The van der Waals surface area contributed by atoms with Crippen molar-refractivity contribution in [1.82, 2.24) is 15.3 Å². The third kappa shape index (κ3) is 4.89. The largest absolute Gasteiger partial charge is 0.372 e. The molecule has 4 rings (SSSR count). The molecule has 0 atom stereocenters. The summed E-state index contributed by atoms with van der Waals surface area (Å²) in [7, 11) is 0. The van der Waals surface area contributed by atoms with Gasteiger partial charge in [-0.05, 0) is 49.7 Å². The summed E-state index contributed by atoms with van der Waals surface area (Å²) in [5.74, 6) is -0.0847. The van der Waals surface area contributed by atoms with Gasteiger partial charge in [0.15, 0.2) is 0 Å². The first kappa shape index (κ1) is 20.5. The monoisotopic (exact) mass is 410 g/mol. The van der Waals surface area contributed by atoms with E-state index >= 15 is 0 Å². The van der Waals surface area contributed by atoms with Gasteiger partial charge >= 0.3 is 0 Å². The van der Waals surface area contributed by atoms with Crippen LogP contribution in [0.4, 0.5) is 5.69 Å². The van der Waals surface area contributed by atoms with E-state index in [2.05, 4.69) is 34.3 Å². The minimum atomic E-state index is -0.0847. The van der Waals surface area contributed by atoms with Crippen LogP contribution in [0.3, 0.4) is 0 Å². The zero-order valence-electron chi connectivity index (χ0n) is 17.7. The number of nitrogens with one attached hydrogen (secondary N) is 1. The molecule has 0 aliphatic carbocycles. The highest BCUT2D eigenvalue weighted by Crippen LogP contribution is 2.23. The number of nitrogens with zero attached hydrogens (tertiary/aromatic N) is 3. The number of carbonyl (C=O) groups excluding carboxylic acids is 1. The van der Waals surface area contributed by atoms with Crippen LogP contribution in [0, 0.1) is 0 Å². The SMILES string of the molecule is CCN(CCCNC(=O)c1cc(-c2ccccn2)nc2ccccc12)c1ccccc1. The van der Waals surface area contributed by atoms with Crippen LogP contribution in [0.2, 0.25) is 0 Å². The molecule has 4 aromatic rings. The average Bonchev–Trinajstić information content (AvgIpc) is 2.84. The van der Waals surface area contributed by atoms with Crippen LogP contribution < -0.4 is 10.2 Å². The van der Waals surface area contributed by atoms with Gasteiger partial charge in [-0.1, -0.05) is 42.5 Å². The molecule has 0 fully saturated rings. The number of anilines is 1. The van der Waals surface area contributed by atoms with Gasteiger partial charge in [0.05, 0.1) is 22.5 Å². The van der Waals surface area contributed by atoms with E-state index < -0.39 is 0 Å². The number of aromatic nitrogens is 2. The van der Waals surface area contributed by atoms with Gasteiger partial charge in [-0.2, -0.15) is 0 Å². The summed E-state index contributed by atoms with van der Waals surface area (Å²) in [5.41, 5.74) is 4.07. The second-order valence-corrected chi connectivity index (χ2v) is 7.31. The molecule has 0 bridgehead atoms. The van der Waals surface area contributed by atoms with Crippen LogP contribution >= 0.6 is 0 Å². The maximum absolute atomic E-state index is 13.1. The third-order valence-corrected chi connectivity index (χ3v) is 5.28. The molecule has 156 valence electrons. The summed E-state index contributed by atoms with van der Waals surface area (Å²) >= 11 is 0. The molecule has 0 unspecified atom stereocenters. The third-order valence-electron chi connectivity index (χ3n) is 5.28. The van der Waals surface area contributed by atoms with Crippen LogP contribution in [0.25, 0.3) is 22.3 Å². The highest BCUT2D eigenvalue weighted by Gasteiger charge is 2.14. The van der Waals surface area contributed by atoms with Crippen molar-refractivity contribution in [3.63, 3.8) is 0 Å². The van der Waals surface area contributed by atoms with Crippen LogP contribution in [0.15, 0.2) is 85.1 Å². The molecule has 2 aromatic carbocycles. The fourth-order valence-corrected chi connectivity index (χ4v) is 3.68. The van der Waals surface area contributed by atoms with Gasteiger partial charge in [0.2, 0.25) is 0 Å². The molecular formula is C26H26N4O. The molecule has 0 aliphatic heterocycles. The van der Waals surface area contributed by atoms with Gasteiger partial charge in [-0.25, -0.2) is 4.98 Å². The van der Waals surface area contributed by atoms with Crippen LogP contribution in [-0.4, -0.2) is 35.5 Å². The Hall–Kier alpha value is -3.73. The lowest BCUT2D eigenvalue weighted by molar-refractivity contribution is 0.0955. The van der Waals surface area contributed by atoms with Crippen molar-refractivity contribution in [3.8, 4) is 11.4 Å². The Balaban J connectivity index is 1.47. The van der Waals surface area contributed by atoms with Crippen molar-refractivity contribution < 1.29 is 4.79 Å². The molecule has 0 aliphatic rings. The number of benzene rings is 2. The topological polar surface area (TPSA) is 58.1 Å². The van der Waals surface area contributed by atoms with E-state index in [0.29, 0.717) is 17.8 Å². The number of hydrogen-bond acceptors (Lipinski definition) is 4. The first-order valence-corrected chi connectivity index (χ1v) is 10.7. The highest BCUT2D eigenvalue weighted by atomic mass is 16.1. The predicted octanol–water partition coefficient (Wildman–Crippen LogP) is 4.94. The zero-order chi connectivity index (χ0) is 21.5. The molecule has 5 heteroatoms. The van der Waals surface area contributed by atoms with Gasteiger partial charge in [0, 0.05) is 36.9 Å². The number of rotatable bonds is 8. The molecule has 2 aromatic heterocycles. The van der Waals surface area contributed by atoms with E-state index in [9.17, 15) is 4.79 Å². The smallest absolute Gasteiger partial charge is 0.252 e. The van der Waals surface area contributed by atoms with Crippen LogP contribution in [-0.2, 0) is 0 Å². The molecule has 1 amide bonds. The van der Waals surface area contributed by atoms with Gasteiger partial charge in [0.1, 0.15) is 0 Å². The van der Waals surface area contributed by atoms with Crippen molar-refractivity contribution in [2.24, 2.45) is 0 Å². The average molecular weight is 411 g/mol. The first-order valence-electron chi connectivity index (χ1n) is 10.7. The van der Waals surface area contributed by atoms with Crippen LogP contribution in [0.5, 0.6) is 0 Å². The summed E-state index contributed by atoms with van der Waals surface area (Å²) in [4.78, 5) is 24.5. The van der Waals surface area contributed by atoms with E-state index in [1.54, 1.807) is 6.20 Å². The zero-order valence-corrected chi connectivity index (χ0v) is 17.7. The highest BCUT2D eigenvalue weighted by molar-refractivity contribution is 6.07. The number of fused-ring (bicyclic) bond motifs is 1. The Kier molecular flexibility index (Phi) is 6.53. The van der Waals surface area contributed by atoms with Gasteiger partial charge in [-0.15, -0.1) is 0 Å². The molecule has 0 radical (unpaired) electrons. The van der Waals surface area contributed by atoms with Crippen molar-refractivity contribution in [3.05, 3.63) is 90.6 Å². The van der Waals surface area contributed by atoms with E-state index in [0.717, 1.165) is 36.1 Å². The van der Waals surface area contributed by atoms with E-state index in [-0.39, 0.29) is 5.91 Å². The molecule has 2 heterocycles. The molecule has 0 spiro atoms. The minimum Gasteiger partial charge on any atom is -0.372 e. The first-order chi connectivity index (χ1) is 15.3. The number of carbonyl (C=O) groups is 1. The Morgan fingerprint density at radius 1 is 0.935 bits per heavy atom. The van der Waals surface area contributed by atoms with Gasteiger partial charge in [-0.3, -0.25) is 9.78 Å². The van der Waals surface area contributed by atoms with Crippen molar-refractivity contribution in [2.75, 3.05) is 24.5 Å². The summed E-state index contributed by atoms with van der Waals surface area (Å²) in [6.07, 6.45) is 2.60. The maximum atomic E-state index is 13.1. The maximum Gasteiger partial charge on any atom is 0.252 e. The quantitative estimate of drug-likeness (QED) is 0.418. The summed E-state index contributed by atoms with van der Waals surface area (Å²) < 4.78 is 0. The molecule has 31 heavy (non-hydrogen) atoms. The van der Waals surface area contributed by atoms with Gasteiger partial charge < -0.3 is 10.2 Å². The lowest BCUT2D eigenvalue weighted by Gasteiger charge is -2.23.